The van der Waals surface area contributed by atoms with Crippen molar-refractivity contribution in [3.8, 4) is 11.5 Å². The molecule has 0 aromatic carbocycles. The molecule has 2 heterocycles. The summed E-state index contributed by atoms with van der Waals surface area (Å²) in [4.78, 5) is 10.3. The molecule has 90 valence electrons. The smallest absolute Gasteiger partial charge is 0.303 e. The second-order valence-corrected chi connectivity index (χ2v) is 3.54. The van der Waals surface area contributed by atoms with Gasteiger partial charge in [-0.2, -0.15) is 0 Å². The highest BCUT2D eigenvalue weighted by Gasteiger charge is 2.13. The summed E-state index contributed by atoms with van der Waals surface area (Å²) < 4.78 is 10.3. The third-order valence-electron chi connectivity index (χ3n) is 2.23. The van der Waals surface area contributed by atoms with Gasteiger partial charge in [0, 0.05) is 12.8 Å². The summed E-state index contributed by atoms with van der Waals surface area (Å²) in [5, 5.41) is 19.8. The van der Waals surface area contributed by atoms with Gasteiger partial charge < -0.3 is 14.0 Å². The van der Waals surface area contributed by atoms with Crippen LogP contribution in [0.4, 0.5) is 0 Å². The number of carboxylic acids is 1. The number of nitrogens with zero attached hydrogens (tertiary/aromatic N) is 3. The SMILES string of the molecule is Cc1oncc1-c1nnc(CCCC(=O)O)o1. The molecule has 0 aliphatic rings. The second kappa shape index (κ2) is 4.77. The van der Waals surface area contributed by atoms with Crippen LogP contribution in [0.15, 0.2) is 15.1 Å². The van der Waals surface area contributed by atoms with Crippen LogP contribution in [0.3, 0.4) is 0 Å². The predicted molar refractivity (Wildman–Crippen MR) is 55.1 cm³/mol. The van der Waals surface area contributed by atoms with Gasteiger partial charge >= 0.3 is 5.97 Å². The van der Waals surface area contributed by atoms with Crippen LogP contribution in [-0.2, 0) is 11.2 Å². The maximum absolute atomic E-state index is 10.3. The first-order valence-corrected chi connectivity index (χ1v) is 5.12. The molecule has 7 heteroatoms. The molecule has 0 saturated carbocycles. The lowest BCUT2D eigenvalue weighted by Gasteiger charge is -1.91. The lowest BCUT2D eigenvalue weighted by Crippen LogP contribution is -1.95. The molecule has 17 heavy (non-hydrogen) atoms. The van der Waals surface area contributed by atoms with Gasteiger partial charge in [0.2, 0.25) is 5.89 Å². The Kier molecular flexibility index (Phi) is 3.17. The van der Waals surface area contributed by atoms with Crippen molar-refractivity contribution >= 4 is 5.97 Å². The van der Waals surface area contributed by atoms with Gasteiger partial charge in [0.15, 0.2) is 0 Å². The zero-order valence-corrected chi connectivity index (χ0v) is 9.21. The van der Waals surface area contributed by atoms with Crippen LogP contribution < -0.4 is 0 Å². The van der Waals surface area contributed by atoms with Crippen LogP contribution in [0, 0.1) is 6.92 Å². The zero-order valence-electron chi connectivity index (χ0n) is 9.21. The molecule has 0 unspecified atom stereocenters. The van der Waals surface area contributed by atoms with Gasteiger partial charge in [-0.25, -0.2) is 0 Å². The highest BCUT2D eigenvalue weighted by atomic mass is 16.5. The van der Waals surface area contributed by atoms with Crippen molar-refractivity contribution in [3.05, 3.63) is 17.8 Å². The molecule has 2 rings (SSSR count). The molecular formula is C10H11N3O4. The van der Waals surface area contributed by atoms with Gasteiger partial charge in [0.1, 0.15) is 11.3 Å². The summed E-state index contributed by atoms with van der Waals surface area (Å²) in [6.07, 6.45) is 2.51. The van der Waals surface area contributed by atoms with E-state index in [1.165, 1.54) is 6.20 Å². The van der Waals surface area contributed by atoms with Crippen LogP contribution in [0.25, 0.3) is 11.5 Å². The molecule has 0 amide bonds. The fourth-order valence-electron chi connectivity index (χ4n) is 1.36. The lowest BCUT2D eigenvalue weighted by molar-refractivity contribution is -0.137. The molecular weight excluding hydrogens is 226 g/mol. The average Bonchev–Trinajstić information content (AvgIpc) is 2.86. The fourth-order valence-corrected chi connectivity index (χ4v) is 1.36. The Hall–Kier alpha value is -2.18. The van der Waals surface area contributed by atoms with E-state index in [0.717, 1.165) is 0 Å². The topological polar surface area (TPSA) is 102 Å². The molecule has 0 spiro atoms. The Labute approximate surface area is 96.4 Å². The van der Waals surface area contributed by atoms with E-state index in [1.807, 2.05) is 0 Å². The van der Waals surface area contributed by atoms with Gasteiger partial charge in [-0.15, -0.1) is 10.2 Å². The minimum Gasteiger partial charge on any atom is -0.481 e. The number of aromatic nitrogens is 3. The molecule has 1 N–H and O–H groups in total. The summed E-state index contributed by atoms with van der Waals surface area (Å²) in [7, 11) is 0. The standard InChI is InChI=1S/C10H11N3O4/c1-6-7(5-11-17-6)10-13-12-8(16-10)3-2-4-9(14)15/h5H,2-4H2,1H3,(H,14,15). The van der Waals surface area contributed by atoms with E-state index < -0.39 is 5.97 Å². The van der Waals surface area contributed by atoms with Crippen LogP contribution in [0.1, 0.15) is 24.5 Å². The third-order valence-corrected chi connectivity index (χ3v) is 2.23. The average molecular weight is 237 g/mol. The molecule has 0 aliphatic carbocycles. The van der Waals surface area contributed by atoms with Crippen LogP contribution in [0.2, 0.25) is 0 Å². The minimum absolute atomic E-state index is 0.0873. The normalized spacial score (nSPS) is 10.6. The van der Waals surface area contributed by atoms with Gasteiger partial charge in [0.25, 0.3) is 5.89 Å². The van der Waals surface area contributed by atoms with E-state index in [0.29, 0.717) is 35.9 Å². The van der Waals surface area contributed by atoms with Crippen molar-refractivity contribution in [2.45, 2.75) is 26.2 Å². The summed E-state index contributed by atoms with van der Waals surface area (Å²) in [5.41, 5.74) is 0.655. The molecule has 7 nitrogen and oxygen atoms in total. The first-order chi connectivity index (χ1) is 8.16. The van der Waals surface area contributed by atoms with Gasteiger partial charge in [-0.1, -0.05) is 5.16 Å². The van der Waals surface area contributed by atoms with Crippen molar-refractivity contribution in [2.24, 2.45) is 0 Å². The van der Waals surface area contributed by atoms with Crippen LogP contribution in [-0.4, -0.2) is 26.4 Å². The number of hydrogen-bond donors (Lipinski definition) is 1. The van der Waals surface area contributed by atoms with Crippen molar-refractivity contribution in [2.75, 3.05) is 0 Å². The summed E-state index contributed by atoms with van der Waals surface area (Å²) >= 11 is 0. The van der Waals surface area contributed by atoms with E-state index >= 15 is 0 Å². The van der Waals surface area contributed by atoms with E-state index in [9.17, 15) is 4.79 Å². The van der Waals surface area contributed by atoms with Crippen molar-refractivity contribution in [1.29, 1.82) is 0 Å². The Bertz CT molecular complexity index is 517. The maximum atomic E-state index is 10.3. The highest BCUT2D eigenvalue weighted by Crippen LogP contribution is 2.21. The van der Waals surface area contributed by atoms with E-state index in [1.54, 1.807) is 6.92 Å². The number of carbonyl (C=O) groups is 1. The lowest BCUT2D eigenvalue weighted by atomic mass is 10.2. The Morgan fingerprint density at radius 3 is 2.94 bits per heavy atom. The molecule has 2 aromatic rings. The molecule has 0 radical (unpaired) electrons. The zero-order chi connectivity index (χ0) is 12.3. The molecule has 0 fully saturated rings. The van der Waals surface area contributed by atoms with Gasteiger partial charge in [-0.3, -0.25) is 4.79 Å². The number of rotatable bonds is 5. The summed E-state index contributed by atoms with van der Waals surface area (Å²) in [6.45, 7) is 1.75. The monoisotopic (exact) mass is 237 g/mol. The maximum Gasteiger partial charge on any atom is 0.303 e. The van der Waals surface area contributed by atoms with Crippen molar-refractivity contribution in [3.63, 3.8) is 0 Å². The van der Waals surface area contributed by atoms with Crippen molar-refractivity contribution in [1.82, 2.24) is 15.4 Å². The molecule has 0 atom stereocenters. The van der Waals surface area contributed by atoms with E-state index in [2.05, 4.69) is 15.4 Å². The highest BCUT2D eigenvalue weighted by molar-refractivity contribution is 5.66. The summed E-state index contributed by atoms with van der Waals surface area (Å²) in [6, 6.07) is 0. The molecule has 0 aliphatic heterocycles. The molecule has 2 aromatic heterocycles. The van der Waals surface area contributed by atoms with E-state index in [-0.39, 0.29) is 6.42 Å². The van der Waals surface area contributed by atoms with Gasteiger partial charge in [0.05, 0.1) is 6.20 Å². The van der Waals surface area contributed by atoms with Crippen molar-refractivity contribution < 1.29 is 18.8 Å². The quantitative estimate of drug-likeness (QED) is 0.839. The summed E-state index contributed by atoms with van der Waals surface area (Å²) in [5.74, 6) is 0.529. The Morgan fingerprint density at radius 1 is 1.47 bits per heavy atom. The number of aliphatic carboxylic acids is 1. The first-order valence-electron chi connectivity index (χ1n) is 5.12. The number of hydrogen-bond acceptors (Lipinski definition) is 6. The molecule has 0 saturated heterocycles. The Balaban J connectivity index is 2.01. The second-order valence-electron chi connectivity index (χ2n) is 3.54. The number of carboxylic acid groups (broad SMARTS) is 1. The number of aryl methyl sites for hydroxylation is 2. The molecule has 0 bridgehead atoms. The van der Waals surface area contributed by atoms with Gasteiger partial charge in [-0.05, 0) is 13.3 Å². The minimum atomic E-state index is -0.834. The predicted octanol–water partition coefficient (Wildman–Crippen LogP) is 1.44. The van der Waals surface area contributed by atoms with Crippen LogP contribution >= 0.6 is 0 Å². The van der Waals surface area contributed by atoms with E-state index in [4.69, 9.17) is 14.0 Å². The Morgan fingerprint density at radius 2 is 2.29 bits per heavy atom. The first kappa shape index (κ1) is 11.3. The fraction of sp³-hybridized carbons (Fsp3) is 0.400. The van der Waals surface area contributed by atoms with Crippen LogP contribution in [0.5, 0.6) is 0 Å². The largest absolute Gasteiger partial charge is 0.481 e. The third kappa shape index (κ3) is 2.68.